The second-order valence-electron chi connectivity index (χ2n) is 3.85. The minimum atomic E-state index is 0.142. The number of thiocarbonyl (C=S) groups is 1. The van der Waals surface area contributed by atoms with Crippen LogP contribution in [0.2, 0.25) is 0 Å². The summed E-state index contributed by atoms with van der Waals surface area (Å²) in [5, 5.41) is 3.42. The summed E-state index contributed by atoms with van der Waals surface area (Å²) in [6, 6.07) is 0. The van der Waals surface area contributed by atoms with Crippen molar-refractivity contribution in [3.63, 3.8) is 0 Å². The van der Waals surface area contributed by atoms with Gasteiger partial charge < -0.3 is 10.1 Å². The Bertz CT molecular complexity index is 249. The number of nitrogens with one attached hydrogen (secondary N) is 1. The van der Waals surface area contributed by atoms with E-state index in [4.69, 9.17) is 17.0 Å². The van der Waals surface area contributed by atoms with Gasteiger partial charge in [0.05, 0.1) is 6.10 Å². The zero-order chi connectivity index (χ0) is 13.8. The molecule has 0 fully saturated rings. The predicted molar refractivity (Wildman–Crippen MR) is 86.7 cm³/mol. The molecule has 0 radical (unpaired) electrons. The van der Waals surface area contributed by atoms with Crippen LogP contribution < -0.4 is 5.32 Å². The molecule has 18 heavy (non-hydrogen) atoms. The van der Waals surface area contributed by atoms with E-state index in [0.717, 1.165) is 30.8 Å². The smallest absolute Gasteiger partial charge is 0.256 e. The lowest BCUT2D eigenvalue weighted by molar-refractivity contribution is 0.200. The van der Waals surface area contributed by atoms with Crippen LogP contribution in [0, 0.1) is 0 Å². The number of hydrogen-bond acceptors (Lipinski definition) is 5. The van der Waals surface area contributed by atoms with E-state index in [-0.39, 0.29) is 10.6 Å². The minimum Gasteiger partial charge on any atom is -0.468 e. The van der Waals surface area contributed by atoms with Crippen molar-refractivity contribution in [3.8, 4) is 0 Å². The van der Waals surface area contributed by atoms with Gasteiger partial charge in [0, 0.05) is 18.1 Å². The van der Waals surface area contributed by atoms with Gasteiger partial charge in [-0.3, -0.25) is 4.79 Å². The number of unbranched alkanes of at least 4 members (excludes halogenated alkanes) is 1. The predicted octanol–water partition coefficient (Wildman–Crippen LogP) is 4.06. The summed E-state index contributed by atoms with van der Waals surface area (Å²) in [5.41, 5.74) is 0. The Kier molecular flexibility index (Phi) is 12.2. The normalized spacial score (nSPS) is 11.9. The number of carbonyl (C=O) groups is 1. The van der Waals surface area contributed by atoms with Crippen molar-refractivity contribution >= 4 is 45.4 Å². The maximum Gasteiger partial charge on any atom is 0.256 e. The third kappa shape index (κ3) is 11.2. The fourth-order valence-electron chi connectivity index (χ4n) is 0.937. The lowest BCUT2D eigenvalue weighted by Gasteiger charge is -2.14. The lowest BCUT2D eigenvalue weighted by atomic mass is 10.3. The summed E-state index contributed by atoms with van der Waals surface area (Å²) >= 11 is 7.77. The highest BCUT2D eigenvalue weighted by Gasteiger charge is 2.05. The third-order valence-electron chi connectivity index (χ3n) is 2.19. The summed E-state index contributed by atoms with van der Waals surface area (Å²) in [4.78, 5) is 11.4. The van der Waals surface area contributed by atoms with Gasteiger partial charge in [0.1, 0.15) is 0 Å². The number of hydrogen-bond donors (Lipinski definition) is 1. The van der Waals surface area contributed by atoms with Gasteiger partial charge in [0.15, 0.2) is 0 Å². The molecular weight excluding hydrogens is 286 g/mol. The van der Waals surface area contributed by atoms with Gasteiger partial charge in [0.25, 0.3) is 5.17 Å². The number of ether oxygens (including phenoxy) is 1. The van der Waals surface area contributed by atoms with Crippen molar-refractivity contribution in [2.45, 2.75) is 46.1 Å². The first-order chi connectivity index (χ1) is 8.60. The number of carbonyl (C=O) groups excluding carboxylic acids is 1. The molecule has 0 saturated carbocycles. The van der Waals surface area contributed by atoms with Gasteiger partial charge in [-0.25, -0.2) is 0 Å². The monoisotopic (exact) mass is 309 g/mol. The molecule has 3 nitrogen and oxygen atoms in total. The summed E-state index contributed by atoms with van der Waals surface area (Å²) in [5.74, 6) is 1.65. The maximum atomic E-state index is 11.4. The van der Waals surface area contributed by atoms with Gasteiger partial charge in [-0.1, -0.05) is 43.8 Å². The molecule has 1 unspecified atom stereocenters. The Morgan fingerprint density at radius 1 is 1.33 bits per heavy atom. The molecule has 0 aliphatic rings. The van der Waals surface area contributed by atoms with Crippen LogP contribution in [-0.4, -0.2) is 33.8 Å². The largest absolute Gasteiger partial charge is 0.468 e. The highest BCUT2D eigenvalue weighted by Crippen LogP contribution is 2.17. The van der Waals surface area contributed by atoms with E-state index >= 15 is 0 Å². The first kappa shape index (κ1) is 18.1. The molecule has 0 aliphatic heterocycles. The molecule has 1 atom stereocenters. The van der Waals surface area contributed by atoms with E-state index in [1.54, 1.807) is 0 Å². The first-order valence-corrected chi connectivity index (χ1v) is 8.72. The van der Waals surface area contributed by atoms with E-state index < -0.39 is 0 Å². The lowest BCUT2D eigenvalue weighted by Crippen LogP contribution is -2.29. The highest BCUT2D eigenvalue weighted by molar-refractivity contribution is 8.38. The fraction of sp³-hybridized carbons (Fsp3) is 0.833. The van der Waals surface area contributed by atoms with Gasteiger partial charge in [-0.15, -0.1) is 0 Å². The number of rotatable bonds is 8. The molecule has 0 spiro atoms. The molecular formula is C12H23NO2S3. The van der Waals surface area contributed by atoms with Crippen LogP contribution in [0.1, 0.15) is 40.0 Å². The Morgan fingerprint density at radius 2 is 2.00 bits per heavy atom. The van der Waals surface area contributed by atoms with Crippen LogP contribution >= 0.6 is 35.7 Å². The zero-order valence-electron chi connectivity index (χ0n) is 11.4. The van der Waals surface area contributed by atoms with Crippen molar-refractivity contribution < 1.29 is 9.53 Å². The topological polar surface area (TPSA) is 38.3 Å². The molecule has 0 aromatic heterocycles. The average molecular weight is 310 g/mol. The van der Waals surface area contributed by atoms with Gasteiger partial charge in [-0.2, -0.15) is 0 Å². The van der Waals surface area contributed by atoms with E-state index in [1.165, 1.54) is 23.5 Å². The van der Waals surface area contributed by atoms with E-state index in [2.05, 4.69) is 19.2 Å². The molecule has 0 amide bonds. The molecule has 0 aromatic carbocycles. The summed E-state index contributed by atoms with van der Waals surface area (Å²) in [6.07, 6.45) is 3.31. The molecule has 0 aliphatic carbocycles. The third-order valence-corrected chi connectivity index (χ3v) is 4.51. The Balaban J connectivity index is 3.43. The maximum absolute atomic E-state index is 11.4. The molecule has 106 valence electrons. The molecule has 6 heteroatoms. The zero-order valence-corrected chi connectivity index (χ0v) is 13.8. The van der Waals surface area contributed by atoms with Crippen molar-refractivity contribution in [1.29, 1.82) is 0 Å². The average Bonchev–Trinajstić information content (AvgIpc) is 2.34. The molecule has 0 rings (SSSR count). The molecule has 0 aromatic rings. The van der Waals surface area contributed by atoms with Crippen LogP contribution in [0.25, 0.3) is 0 Å². The molecule has 1 N–H and O–H groups in total. The molecule has 0 heterocycles. The van der Waals surface area contributed by atoms with E-state index in [1.807, 2.05) is 6.92 Å². The molecule has 0 bridgehead atoms. The SMILES string of the molecule is CCCCSC(=O)SCCNC(=S)OC(C)CC. The summed E-state index contributed by atoms with van der Waals surface area (Å²) < 4.78 is 5.60. The van der Waals surface area contributed by atoms with Crippen molar-refractivity contribution in [3.05, 3.63) is 0 Å². The molecule has 0 saturated heterocycles. The fourth-order valence-corrected chi connectivity index (χ4v) is 3.01. The van der Waals surface area contributed by atoms with Crippen molar-refractivity contribution in [1.82, 2.24) is 5.32 Å². The van der Waals surface area contributed by atoms with Crippen molar-refractivity contribution in [2.24, 2.45) is 0 Å². The van der Waals surface area contributed by atoms with Gasteiger partial charge >= 0.3 is 0 Å². The first-order valence-electron chi connectivity index (χ1n) is 6.34. The van der Waals surface area contributed by atoms with Crippen LogP contribution in [-0.2, 0) is 4.74 Å². The standard InChI is InChI=1S/C12H23NO2S3/c1-4-6-8-17-12(14)18-9-7-13-11(16)15-10(3)5-2/h10H,4-9H2,1-3H3,(H,13,16). The minimum absolute atomic E-state index is 0.142. The number of thioether (sulfide) groups is 2. The van der Waals surface area contributed by atoms with Crippen LogP contribution in [0.4, 0.5) is 4.79 Å². The van der Waals surface area contributed by atoms with Crippen molar-refractivity contribution in [2.75, 3.05) is 18.1 Å². The van der Waals surface area contributed by atoms with Gasteiger partial charge in [-0.05, 0) is 32.0 Å². The summed E-state index contributed by atoms with van der Waals surface area (Å²) in [7, 11) is 0. The quantitative estimate of drug-likeness (QED) is 0.538. The Hall–Kier alpha value is 0.0600. The van der Waals surface area contributed by atoms with Crippen LogP contribution in [0.15, 0.2) is 0 Å². The van der Waals surface area contributed by atoms with E-state index in [0.29, 0.717) is 11.7 Å². The second kappa shape index (κ2) is 12.1. The van der Waals surface area contributed by atoms with Gasteiger partial charge in [0.2, 0.25) is 4.45 Å². The van der Waals surface area contributed by atoms with E-state index in [9.17, 15) is 4.79 Å². The second-order valence-corrected chi connectivity index (χ2v) is 6.62. The van der Waals surface area contributed by atoms with Crippen LogP contribution in [0.5, 0.6) is 0 Å². The van der Waals surface area contributed by atoms with Crippen LogP contribution in [0.3, 0.4) is 0 Å². The summed E-state index contributed by atoms with van der Waals surface area (Å²) in [6.45, 7) is 6.83. The Morgan fingerprint density at radius 3 is 2.61 bits per heavy atom. The Labute approximate surface area is 124 Å². The highest BCUT2D eigenvalue weighted by atomic mass is 32.2.